The molecule has 0 amide bonds. The fourth-order valence-electron chi connectivity index (χ4n) is 2.62. The predicted molar refractivity (Wildman–Crippen MR) is 90.2 cm³/mol. The van der Waals surface area contributed by atoms with Gasteiger partial charge in [0.2, 0.25) is 0 Å². The summed E-state index contributed by atoms with van der Waals surface area (Å²) >= 11 is 0. The largest absolute Gasteiger partial charge is 0.480 e. The molecule has 0 aliphatic heterocycles. The molecule has 0 aliphatic rings. The normalized spacial score (nSPS) is 12.6. The van der Waals surface area contributed by atoms with E-state index in [1.54, 1.807) is 12.1 Å². The number of carbonyl (C=O) groups excluding carboxylic acids is 1. The maximum atomic E-state index is 12.6. The third-order valence-electron chi connectivity index (χ3n) is 3.65. The van der Waals surface area contributed by atoms with Crippen LogP contribution in [0.2, 0.25) is 0 Å². The average molecular weight is 346 g/mol. The van der Waals surface area contributed by atoms with Crippen LogP contribution in [0.5, 0.6) is 0 Å². The zero-order chi connectivity index (χ0) is 18.1. The Morgan fingerprint density at radius 2 is 1.46 bits per heavy atom. The fourth-order valence-corrected chi connectivity index (χ4v) is 3.25. The fraction of sp³-hybridized carbons (Fsp3) is 0.222. The number of carboxylic acids is 1. The second-order valence-electron chi connectivity index (χ2n) is 5.85. The molecule has 1 N–H and O–H groups in total. The van der Waals surface area contributed by atoms with Crippen LogP contribution in [-0.4, -0.2) is 31.5 Å². The number of aliphatic carboxylic acids is 1. The van der Waals surface area contributed by atoms with E-state index in [9.17, 15) is 23.1 Å². The molecular weight excluding hydrogens is 328 g/mol. The summed E-state index contributed by atoms with van der Waals surface area (Å²) in [7, 11) is -3.37. The van der Waals surface area contributed by atoms with Gasteiger partial charge in [-0.3, -0.25) is 9.59 Å². The summed E-state index contributed by atoms with van der Waals surface area (Å²) < 4.78 is 22.9. The summed E-state index contributed by atoms with van der Waals surface area (Å²) in [6.07, 6.45) is 1.07. The highest BCUT2D eigenvalue weighted by atomic mass is 32.2. The van der Waals surface area contributed by atoms with Crippen molar-refractivity contribution in [2.24, 2.45) is 0 Å². The molecule has 0 aliphatic carbocycles. The Balaban J connectivity index is 2.45. The van der Waals surface area contributed by atoms with Crippen molar-refractivity contribution in [2.75, 3.05) is 6.26 Å². The molecule has 24 heavy (non-hydrogen) atoms. The number of benzene rings is 2. The highest BCUT2D eigenvalue weighted by molar-refractivity contribution is 7.90. The number of hydrogen-bond donors (Lipinski definition) is 1. The van der Waals surface area contributed by atoms with Crippen LogP contribution in [0.15, 0.2) is 47.4 Å². The maximum absolute atomic E-state index is 12.6. The van der Waals surface area contributed by atoms with Crippen LogP contribution in [0.3, 0.4) is 0 Å². The minimum absolute atomic E-state index is 0.0809. The van der Waals surface area contributed by atoms with Crippen molar-refractivity contribution in [1.29, 1.82) is 0 Å². The minimum atomic E-state index is -3.37. The molecule has 0 spiro atoms. The third-order valence-corrected chi connectivity index (χ3v) is 4.78. The molecule has 2 aromatic carbocycles. The number of aryl methyl sites for hydroxylation is 2. The van der Waals surface area contributed by atoms with E-state index < -0.39 is 27.5 Å². The zero-order valence-corrected chi connectivity index (χ0v) is 14.4. The van der Waals surface area contributed by atoms with Crippen molar-refractivity contribution in [3.8, 4) is 0 Å². The van der Waals surface area contributed by atoms with E-state index in [0.717, 1.165) is 17.4 Å². The van der Waals surface area contributed by atoms with Crippen molar-refractivity contribution >= 4 is 21.6 Å². The second-order valence-corrected chi connectivity index (χ2v) is 7.87. The molecule has 6 heteroatoms. The number of carbonyl (C=O) groups is 2. The van der Waals surface area contributed by atoms with E-state index in [2.05, 4.69) is 0 Å². The van der Waals surface area contributed by atoms with Gasteiger partial charge in [-0.2, -0.15) is 0 Å². The Hall–Kier alpha value is -2.47. The number of rotatable bonds is 5. The Kier molecular flexibility index (Phi) is 4.89. The van der Waals surface area contributed by atoms with Crippen LogP contribution in [0.1, 0.15) is 33.0 Å². The predicted octanol–water partition coefficient (Wildman–Crippen LogP) is 2.76. The molecule has 0 fully saturated rings. The smallest absolute Gasteiger partial charge is 0.318 e. The molecule has 5 nitrogen and oxygen atoms in total. The third kappa shape index (κ3) is 3.89. The topological polar surface area (TPSA) is 88.5 Å². The molecule has 0 aromatic heterocycles. The monoisotopic (exact) mass is 346 g/mol. The lowest BCUT2D eigenvalue weighted by molar-refractivity contribution is -0.137. The van der Waals surface area contributed by atoms with Gasteiger partial charge in [-0.1, -0.05) is 41.5 Å². The van der Waals surface area contributed by atoms with Crippen LogP contribution in [0.25, 0.3) is 0 Å². The lowest BCUT2D eigenvalue weighted by atomic mass is 9.89. The molecule has 1 unspecified atom stereocenters. The SMILES string of the molecule is Cc1cc(C)cc(C(C(=O)O)C(=O)c2ccc(S(C)(=O)=O)cc2)c1. The number of ketones is 1. The Morgan fingerprint density at radius 3 is 1.88 bits per heavy atom. The molecule has 0 radical (unpaired) electrons. The van der Waals surface area contributed by atoms with Gasteiger partial charge >= 0.3 is 5.97 Å². The molecular formula is C18H18O5S. The van der Waals surface area contributed by atoms with E-state index in [0.29, 0.717) is 5.56 Å². The van der Waals surface area contributed by atoms with Crippen molar-refractivity contribution < 1.29 is 23.1 Å². The molecule has 0 heterocycles. The van der Waals surface area contributed by atoms with Crippen LogP contribution >= 0.6 is 0 Å². The second kappa shape index (κ2) is 6.57. The van der Waals surface area contributed by atoms with Gasteiger partial charge in [-0.25, -0.2) is 8.42 Å². The molecule has 0 bridgehead atoms. The van der Waals surface area contributed by atoms with Gasteiger partial charge in [0.25, 0.3) is 0 Å². The van der Waals surface area contributed by atoms with Gasteiger partial charge in [0, 0.05) is 11.8 Å². The van der Waals surface area contributed by atoms with E-state index >= 15 is 0 Å². The first-order valence-corrected chi connectivity index (χ1v) is 9.14. The summed E-state index contributed by atoms with van der Waals surface area (Å²) in [6.45, 7) is 3.67. The van der Waals surface area contributed by atoms with Crippen molar-refractivity contribution in [2.45, 2.75) is 24.7 Å². The minimum Gasteiger partial charge on any atom is -0.480 e. The van der Waals surface area contributed by atoms with Crippen molar-refractivity contribution in [3.63, 3.8) is 0 Å². The summed E-state index contributed by atoms with van der Waals surface area (Å²) in [6, 6.07) is 10.6. The molecule has 2 aromatic rings. The van der Waals surface area contributed by atoms with Crippen molar-refractivity contribution in [3.05, 3.63) is 64.7 Å². The lowest BCUT2D eigenvalue weighted by Crippen LogP contribution is -2.22. The highest BCUT2D eigenvalue weighted by Gasteiger charge is 2.29. The first kappa shape index (κ1) is 17.9. The van der Waals surface area contributed by atoms with Crippen LogP contribution in [0.4, 0.5) is 0 Å². The Morgan fingerprint density at radius 1 is 0.958 bits per heavy atom. The van der Waals surface area contributed by atoms with Gasteiger partial charge in [0.05, 0.1) is 4.90 Å². The van der Waals surface area contributed by atoms with Gasteiger partial charge in [-0.15, -0.1) is 0 Å². The maximum Gasteiger partial charge on any atom is 0.318 e. The van der Waals surface area contributed by atoms with E-state index in [1.807, 2.05) is 19.9 Å². The van der Waals surface area contributed by atoms with Crippen LogP contribution in [-0.2, 0) is 14.6 Å². The summed E-state index contributed by atoms with van der Waals surface area (Å²) in [4.78, 5) is 24.4. The quantitative estimate of drug-likeness (QED) is 0.664. The lowest BCUT2D eigenvalue weighted by Gasteiger charge is -2.14. The first-order valence-electron chi connectivity index (χ1n) is 7.25. The molecule has 126 valence electrons. The van der Waals surface area contributed by atoms with Crippen LogP contribution < -0.4 is 0 Å². The van der Waals surface area contributed by atoms with Gasteiger partial charge in [0.15, 0.2) is 15.6 Å². The Bertz CT molecular complexity index is 875. The van der Waals surface area contributed by atoms with Gasteiger partial charge < -0.3 is 5.11 Å². The number of sulfone groups is 1. The standard InChI is InChI=1S/C18H18O5S/c1-11-8-12(2)10-14(9-11)16(18(20)21)17(19)13-4-6-15(7-5-13)24(3,22)23/h4-10,16H,1-3H3,(H,20,21). The number of carboxylic acid groups (broad SMARTS) is 1. The molecule has 1 atom stereocenters. The molecule has 2 rings (SSSR count). The highest BCUT2D eigenvalue weighted by Crippen LogP contribution is 2.24. The summed E-state index contributed by atoms with van der Waals surface area (Å²) in [5, 5.41) is 9.51. The molecule has 0 saturated carbocycles. The van der Waals surface area contributed by atoms with E-state index in [1.165, 1.54) is 24.3 Å². The zero-order valence-electron chi connectivity index (χ0n) is 13.6. The molecule has 0 saturated heterocycles. The van der Waals surface area contributed by atoms with Gasteiger partial charge in [0.1, 0.15) is 5.92 Å². The van der Waals surface area contributed by atoms with E-state index in [4.69, 9.17) is 0 Å². The summed E-state index contributed by atoms with van der Waals surface area (Å²) in [5.41, 5.74) is 2.32. The van der Waals surface area contributed by atoms with E-state index in [-0.39, 0.29) is 10.5 Å². The summed E-state index contributed by atoms with van der Waals surface area (Å²) in [5.74, 6) is -3.14. The number of hydrogen-bond acceptors (Lipinski definition) is 4. The van der Waals surface area contributed by atoms with Gasteiger partial charge in [-0.05, 0) is 31.5 Å². The number of Topliss-reactive ketones (excluding diaryl/α,β-unsaturated/α-hetero) is 1. The van der Waals surface area contributed by atoms with Crippen LogP contribution in [0, 0.1) is 13.8 Å². The Labute approximate surface area is 140 Å². The first-order chi connectivity index (χ1) is 11.1. The van der Waals surface area contributed by atoms with Crippen molar-refractivity contribution in [1.82, 2.24) is 0 Å². The average Bonchev–Trinajstić information content (AvgIpc) is 2.45.